The summed E-state index contributed by atoms with van der Waals surface area (Å²) in [5.41, 5.74) is 5.09. The van der Waals surface area contributed by atoms with Crippen LogP contribution in [0.25, 0.3) is 0 Å². The number of methoxy groups -OCH3 is 1. The normalized spacial score (nSPS) is 15.3. The molecule has 0 radical (unpaired) electrons. The average Bonchev–Trinajstić information content (AvgIpc) is 3.68. The van der Waals surface area contributed by atoms with Crippen LogP contribution in [0.2, 0.25) is 0 Å². The fourth-order valence-corrected chi connectivity index (χ4v) is 4.72. The van der Waals surface area contributed by atoms with Gasteiger partial charge in [-0.1, -0.05) is 18.2 Å². The molecule has 1 N–H and O–H groups in total. The van der Waals surface area contributed by atoms with E-state index in [4.69, 9.17) is 24.2 Å². The molecule has 0 atom stereocenters. The van der Waals surface area contributed by atoms with Crippen molar-refractivity contribution in [2.75, 3.05) is 61.7 Å². The molecular weight excluding hydrogens is 480 g/mol. The number of nitrogens with zero attached hydrogens (tertiary/aromatic N) is 5. The van der Waals surface area contributed by atoms with Crippen molar-refractivity contribution in [2.24, 2.45) is 5.10 Å². The molecule has 0 aliphatic carbocycles. The number of nitrogens with one attached hydrogen (secondary N) is 1. The maximum absolute atomic E-state index is 5.91. The third kappa shape index (κ3) is 6.45. The molecule has 0 unspecified atom stereocenters. The van der Waals surface area contributed by atoms with Crippen LogP contribution in [0, 0.1) is 6.92 Å². The van der Waals surface area contributed by atoms with Crippen LogP contribution in [0.15, 0.2) is 53.6 Å². The van der Waals surface area contributed by atoms with E-state index in [0.29, 0.717) is 30.5 Å². The minimum Gasteiger partial charge on any atom is -0.493 e. The molecule has 5 rings (SSSR count). The number of ether oxygens (including phenoxy) is 3. The molecule has 0 bridgehead atoms. The summed E-state index contributed by atoms with van der Waals surface area (Å²) in [7, 11) is 1.63. The van der Waals surface area contributed by atoms with Crippen LogP contribution in [0.5, 0.6) is 17.2 Å². The van der Waals surface area contributed by atoms with E-state index in [0.717, 1.165) is 54.8 Å². The Morgan fingerprint density at radius 3 is 2.29 bits per heavy atom. The lowest BCUT2D eigenvalue weighted by Crippen LogP contribution is -2.24. The van der Waals surface area contributed by atoms with Gasteiger partial charge >= 0.3 is 0 Å². The Kier molecular flexibility index (Phi) is 8.42. The fraction of sp³-hybridized carbons (Fsp3) is 0.414. The third-order valence-electron chi connectivity index (χ3n) is 6.79. The highest BCUT2D eigenvalue weighted by Crippen LogP contribution is 2.28. The van der Waals surface area contributed by atoms with Gasteiger partial charge < -0.3 is 24.0 Å². The van der Waals surface area contributed by atoms with Gasteiger partial charge in [-0.3, -0.25) is 5.43 Å². The molecule has 2 fully saturated rings. The fourth-order valence-electron chi connectivity index (χ4n) is 4.72. The van der Waals surface area contributed by atoms with Gasteiger partial charge in [0.2, 0.25) is 5.95 Å². The highest BCUT2D eigenvalue weighted by Gasteiger charge is 2.20. The predicted molar refractivity (Wildman–Crippen MR) is 151 cm³/mol. The molecular formula is C29H36N6O3. The Balaban J connectivity index is 1.21. The molecule has 1 aromatic heterocycles. The van der Waals surface area contributed by atoms with Crippen molar-refractivity contribution in [1.82, 2.24) is 9.97 Å². The number of hydrogen-bond acceptors (Lipinski definition) is 9. The van der Waals surface area contributed by atoms with Crippen molar-refractivity contribution >= 4 is 23.8 Å². The Morgan fingerprint density at radius 1 is 0.842 bits per heavy atom. The van der Waals surface area contributed by atoms with E-state index >= 15 is 0 Å². The van der Waals surface area contributed by atoms with Crippen LogP contribution in [-0.2, 0) is 0 Å². The molecule has 0 saturated carbocycles. The molecule has 2 aromatic carbocycles. The van der Waals surface area contributed by atoms with E-state index in [-0.39, 0.29) is 0 Å². The van der Waals surface area contributed by atoms with Crippen LogP contribution in [-0.4, -0.2) is 62.7 Å². The average molecular weight is 517 g/mol. The molecule has 0 amide bonds. The smallest absolute Gasteiger partial charge is 0.229 e. The van der Waals surface area contributed by atoms with Crippen molar-refractivity contribution in [3.63, 3.8) is 0 Å². The van der Waals surface area contributed by atoms with Gasteiger partial charge in [0.1, 0.15) is 24.8 Å². The summed E-state index contributed by atoms with van der Waals surface area (Å²) in [5, 5.41) is 4.45. The summed E-state index contributed by atoms with van der Waals surface area (Å²) in [4.78, 5) is 14.2. The van der Waals surface area contributed by atoms with Gasteiger partial charge in [-0.05, 0) is 68.0 Å². The number of anilines is 3. The van der Waals surface area contributed by atoms with Crippen LogP contribution >= 0.6 is 0 Å². The zero-order valence-corrected chi connectivity index (χ0v) is 22.2. The Hall–Kier alpha value is -4.01. The van der Waals surface area contributed by atoms with E-state index in [1.807, 2.05) is 55.5 Å². The lowest BCUT2D eigenvalue weighted by molar-refractivity contribution is 0.210. The minimum absolute atomic E-state index is 0.409. The summed E-state index contributed by atoms with van der Waals surface area (Å²) in [6, 6.07) is 15.6. The zero-order chi connectivity index (χ0) is 26.2. The maximum Gasteiger partial charge on any atom is 0.229 e. The van der Waals surface area contributed by atoms with Gasteiger partial charge in [0.25, 0.3) is 0 Å². The largest absolute Gasteiger partial charge is 0.493 e. The van der Waals surface area contributed by atoms with Gasteiger partial charge in [0, 0.05) is 32.2 Å². The number of hydrogen-bond donors (Lipinski definition) is 1. The monoisotopic (exact) mass is 516 g/mol. The van der Waals surface area contributed by atoms with E-state index in [2.05, 4.69) is 20.3 Å². The van der Waals surface area contributed by atoms with E-state index in [9.17, 15) is 0 Å². The second-order valence-corrected chi connectivity index (χ2v) is 9.54. The second-order valence-electron chi connectivity index (χ2n) is 9.54. The number of rotatable bonds is 11. The Labute approximate surface area is 224 Å². The summed E-state index contributed by atoms with van der Waals surface area (Å²) in [6.45, 7) is 6.94. The molecule has 2 aliphatic heterocycles. The van der Waals surface area contributed by atoms with E-state index in [1.165, 1.54) is 25.7 Å². The molecule has 2 aliphatic rings. The van der Waals surface area contributed by atoms with Crippen molar-refractivity contribution < 1.29 is 14.2 Å². The number of para-hydroxylation sites is 1. The van der Waals surface area contributed by atoms with Crippen LogP contribution < -0.4 is 29.4 Å². The van der Waals surface area contributed by atoms with Crippen LogP contribution in [0.1, 0.15) is 36.8 Å². The first-order valence-corrected chi connectivity index (χ1v) is 13.4. The molecule has 9 nitrogen and oxygen atoms in total. The predicted octanol–water partition coefficient (Wildman–Crippen LogP) is 4.90. The lowest BCUT2D eigenvalue weighted by atomic mass is 10.2. The van der Waals surface area contributed by atoms with Crippen LogP contribution in [0.3, 0.4) is 0 Å². The van der Waals surface area contributed by atoms with Gasteiger partial charge in [-0.2, -0.15) is 15.1 Å². The number of benzene rings is 2. The van der Waals surface area contributed by atoms with Crippen molar-refractivity contribution in [1.29, 1.82) is 0 Å². The third-order valence-corrected chi connectivity index (χ3v) is 6.79. The SMILES string of the molecule is COc1cc(C=NNc2cc(N3CCCC3)nc(N3CCCC3)n2)ccc1OCCOc1ccccc1C. The van der Waals surface area contributed by atoms with Gasteiger partial charge in [0.05, 0.1) is 13.3 Å². The molecule has 3 aromatic rings. The van der Waals surface area contributed by atoms with Gasteiger partial charge in [-0.15, -0.1) is 0 Å². The Bertz CT molecular complexity index is 1200. The summed E-state index contributed by atoms with van der Waals surface area (Å²) in [6.07, 6.45) is 6.51. The number of hydrazone groups is 1. The van der Waals surface area contributed by atoms with Gasteiger partial charge in [-0.25, -0.2) is 0 Å². The highest BCUT2D eigenvalue weighted by molar-refractivity contribution is 5.81. The molecule has 3 heterocycles. The van der Waals surface area contributed by atoms with Crippen molar-refractivity contribution in [3.05, 3.63) is 59.7 Å². The number of aromatic nitrogens is 2. The molecule has 200 valence electrons. The lowest BCUT2D eigenvalue weighted by Gasteiger charge is -2.21. The first kappa shape index (κ1) is 25.6. The second kappa shape index (κ2) is 12.5. The standard InChI is InChI=1S/C29H36N6O3/c1-22-9-3-4-10-24(22)37-17-18-38-25-12-11-23(19-26(25)36-2)21-30-33-27-20-28(34-13-5-6-14-34)32-29(31-27)35-15-7-8-16-35/h3-4,9-12,19-21H,5-8,13-18H2,1-2H3,(H,31,32,33). The molecule has 0 spiro atoms. The summed E-state index contributed by atoms with van der Waals surface area (Å²) in [5.74, 6) is 4.60. The zero-order valence-electron chi connectivity index (χ0n) is 22.2. The van der Waals surface area contributed by atoms with Gasteiger partial charge in [0.15, 0.2) is 17.3 Å². The van der Waals surface area contributed by atoms with E-state index < -0.39 is 0 Å². The Morgan fingerprint density at radius 2 is 1.55 bits per heavy atom. The minimum atomic E-state index is 0.409. The number of aryl methyl sites for hydroxylation is 1. The van der Waals surface area contributed by atoms with E-state index in [1.54, 1.807) is 13.3 Å². The summed E-state index contributed by atoms with van der Waals surface area (Å²) < 4.78 is 17.3. The van der Waals surface area contributed by atoms with Crippen molar-refractivity contribution in [3.8, 4) is 17.2 Å². The molecule has 38 heavy (non-hydrogen) atoms. The topological polar surface area (TPSA) is 84.3 Å². The molecule has 2 saturated heterocycles. The highest BCUT2D eigenvalue weighted by atomic mass is 16.5. The maximum atomic E-state index is 5.91. The quantitative estimate of drug-likeness (QED) is 0.219. The van der Waals surface area contributed by atoms with Crippen LogP contribution in [0.4, 0.5) is 17.6 Å². The first-order valence-electron chi connectivity index (χ1n) is 13.4. The first-order chi connectivity index (χ1) is 18.7. The summed E-state index contributed by atoms with van der Waals surface area (Å²) >= 11 is 0. The van der Waals surface area contributed by atoms with Crippen molar-refractivity contribution in [2.45, 2.75) is 32.6 Å². The molecule has 9 heteroatoms.